The van der Waals surface area contributed by atoms with Gasteiger partial charge in [-0.3, -0.25) is 23.7 Å². The van der Waals surface area contributed by atoms with E-state index >= 15 is 0 Å². The van der Waals surface area contributed by atoms with Crippen molar-refractivity contribution in [2.75, 3.05) is 35.8 Å². The number of ketones is 3. The van der Waals surface area contributed by atoms with Gasteiger partial charge in [-0.2, -0.15) is 13.5 Å². The Bertz CT molecular complexity index is 3940. The van der Waals surface area contributed by atoms with Gasteiger partial charge in [-0.05, 0) is 148 Å². The van der Waals surface area contributed by atoms with Gasteiger partial charge in [0.05, 0.1) is 44.0 Å². The number of hydrogen-bond acceptors (Lipinski definition) is 22. The number of hydrogen-bond donors (Lipinski definition) is 8. The molecule has 0 bridgehead atoms. The van der Waals surface area contributed by atoms with E-state index in [4.69, 9.17) is 16.7 Å². The molecule has 488 valence electrons. The standard InChI is InChI=1S/C22H26N4O2S.C21H25N5O5S2.C18H22ClN3O2S.C3H4N2/c1-14-7-18(8-17(14)12-27)25-22-19(10-23-13-24-22)21(28)20-9-16(15(2)29-20)11-26-5-3-4-6-26;1-13-14(10-26-4-2-3-5-26)7-19(32-13)20(28)17-9-23-12-24-21(17)25-16-6-15(18(27)8-16)11-31-33(22,29)30;1-10-3-14(4-13(10)8-23)22-18-15(7-20-9-21-18)17(24)16-5-12(6-19)11(2)25-16;1-2-4-5-3-1/h3-6,9-10,13-14,17-18,27H,7-8,11-12H2,1-2H3,(H,23,24,25);2-5,7,9,12,15-16,18,27H,6,8,10-11H2,1H3,(H2,22,29,30)(H,23,24,25);5,7,9-10,13-14,23H,3-4,6,8H2,1-2H3,(H,20,21,22);1-3H,(H,4,5)/t14-,17+,18-;15-,16-,18+;10-,13+,14-;/m010./s1. The number of thiophene rings is 3. The van der Waals surface area contributed by atoms with Gasteiger partial charge < -0.3 is 40.4 Å². The van der Waals surface area contributed by atoms with Crippen molar-refractivity contribution in [1.29, 1.82) is 0 Å². The molecule has 23 nitrogen and oxygen atoms in total. The average Bonchev–Trinajstić information content (AvgIpc) is 2.35. The molecule has 3 aliphatic carbocycles. The van der Waals surface area contributed by atoms with Crippen molar-refractivity contribution in [1.82, 2.24) is 49.2 Å². The maximum Gasteiger partial charge on any atom is 0.333 e. The minimum absolute atomic E-state index is 0.0512. The Morgan fingerprint density at radius 1 is 0.620 bits per heavy atom. The fourth-order valence-corrected chi connectivity index (χ4v) is 15.4. The van der Waals surface area contributed by atoms with Gasteiger partial charge in [-0.25, -0.2) is 35.0 Å². The first-order chi connectivity index (χ1) is 44.3. The molecular weight excluding hydrogens is 1270 g/mol. The van der Waals surface area contributed by atoms with Gasteiger partial charge in [-0.15, -0.1) is 45.6 Å². The molecule has 9 aromatic rings. The molecule has 0 unspecified atom stereocenters. The molecule has 0 aliphatic heterocycles. The van der Waals surface area contributed by atoms with Crippen LogP contribution in [0.25, 0.3) is 0 Å². The van der Waals surface area contributed by atoms with E-state index in [0.717, 1.165) is 63.5 Å². The second-order valence-electron chi connectivity index (χ2n) is 23.4. The Morgan fingerprint density at radius 3 is 1.35 bits per heavy atom. The fourth-order valence-electron chi connectivity index (χ4n) is 11.7. The Balaban J connectivity index is 0.000000158. The normalized spacial score (nSPS) is 20.9. The number of aromatic amines is 1. The summed E-state index contributed by atoms with van der Waals surface area (Å²) in [5, 5.41) is 50.3. The number of nitrogens with zero attached hydrogens (tertiary/aromatic N) is 9. The van der Waals surface area contributed by atoms with E-state index in [9.17, 15) is 38.1 Å². The molecule has 0 saturated heterocycles. The van der Waals surface area contributed by atoms with Crippen LogP contribution in [0.4, 0.5) is 17.5 Å². The van der Waals surface area contributed by atoms with Crippen LogP contribution in [0.5, 0.6) is 0 Å². The zero-order valence-corrected chi connectivity index (χ0v) is 55.7. The van der Waals surface area contributed by atoms with Crippen molar-refractivity contribution in [3.05, 3.63) is 186 Å². The number of alkyl halides is 1. The summed E-state index contributed by atoms with van der Waals surface area (Å²) in [6.45, 7) is 12.0. The van der Waals surface area contributed by atoms with Crippen molar-refractivity contribution < 1.29 is 42.3 Å². The molecule has 0 amide bonds. The number of aryl methyl sites for hydroxylation is 3. The smallest absolute Gasteiger partial charge is 0.333 e. The lowest BCUT2D eigenvalue weighted by molar-refractivity contribution is 0.100. The number of aliphatic hydroxyl groups is 3. The predicted octanol–water partition coefficient (Wildman–Crippen LogP) is 9.49. The van der Waals surface area contributed by atoms with Crippen LogP contribution in [-0.4, -0.2) is 134 Å². The maximum absolute atomic E-state index is 13.3. The molecule has 3 fully saturated rings. The molecule has 9 aromatic heterocycles. The van der Waals surface area contributed by atoms with Crippen molar-refractivity contribution in [2.45, 2.75) is 116 Å². The lowest BCUT2D eigenvalue weighted by Crippen LogP contribution is -2.24. The van der Waals surface area contributed by atoms with Gasteiger partial charge in [0.25, 0.3) is 0 Å². The van der Waals surface area contributed by atoms with E-state index in [1.807, 2.05) is 91.7 Å². The van der Waals surface area contributed by atoms with E-state index in [2.05, 4.69) is 85.6 Å². The number of H-pyrrole nitrogens is 1. The van der Waals surface area contributed by atoms with Crippen molar-refractivity contribution in [2.24, 2.45) is 34.7 Å². The van der Waals surface area contributed by atoms with Crippen LogP contribution in [0.3, 0.4) is 0 Å². The predicted molar refractivity (Wildman–Crippen MR) is 357 cm³/mol. The minimum atomic E-state index is -4.08. The summed E-state index contributed by atoms with van der Waals surface area (Å²) in [4.78, 5) is 69.7. The van der Waals surface area contributed by atoms with E-state index in [0.29, 0.717) is 97.7 Å². The van der Waals surface area contributed by atoms with Crippen LogP contribution in [0.2, 0.25) is 0 Å². The lowest BCUT2D eigenvalue weighted by Gasteiger charge is -2.15. The highest BCUT2D eigenvalue weighted by Gasteiger charge is 2.36. The summed E-state index contributed by atoms with van der Waals surface area (Å²) in [5.74, 6) is 2.69. The zero-order valence-electron chi connectivity index (χ0n) is 51.6. The summed E-state index contributed by atoms with van der Waals surface area (Å²) in [7, 11) is -4.08. The first kappa shape index (κ1) is 68.9. The molecule has 0 spiro atoms. The highest BCUT2D eigenvalue weighted by Crippen LogP contribution is 2.37. The van der Waals surface area contributed by atoms with Crippen LogP contribution in [0.15, 0.2) is 123 Å². The second kappa shape index (κ2) is 32.4. The van der Waals surface area contributed by atoms with Crippen molar-refractivity contribution in [3.8, 4) is 0 Å². The van der Waals surface area contributed by atoms with Gasteiger partial charge in [0, 0.05) is 127 Å². The van der Waals surface area contributed by atoms with E-state index < -0.39 is 22.3 Å². The number of carbonyl (C=O) groups excluding carboxylic acids is 3. The monoisotopic (exact) mass is 1350 g/mol. The number of rotatable bonds is 22. The largest absolute Gasteiger partial charge is 0.396 e. The summed E-state index contributed by atoms with van der Waals surface area (Å²) < 4.78 is 30.9. The minimum Gasteiger partial charge on any atom is -0.396 e. The number of nitrogens with one attached hydrogen (secondary N) is 4. The summed E-state index contributed by atoms with van der Waals surface area (Å²) in [5.41, 5.74) is 4.52. The van der Waals surface area contributed by atoms with Crippen LogP contribution < -0.4 is 21.1 Å². The van der Waals surface area contributed by atoms with Gasteiger partial charge in [0.1, 0.15) is 36.4 Å². The molecule has 3 saturated carbocycles. The molecule has 9 heterocycles. The number of anilines is 3. The summed E-state index contributed by atoms with van der Waals surface area (Å²) in [6.07, 6.45) is 24.1. The number of halogens is 1. The van der Waals surface area contributed by atoms with Gasteiger partial charge in [-0.1, -0.05) is 13.8 Å². The Kier molecular flexibility index (Phi) is 24.3. The van der Waals surface area contributed by atoms with Crippen LogP contribution >= 0.6 is 45.6 Å². The molecule has 28 heteroatoms. The highest BCUT2D eigenvalue weighted by molar-refractivity contribution is 7.84. The van der Waals surface area contributed by atoms with Crippen molar-refractivity contribution >= 4 is 90.7 Å². The fraction of sp³-hybridized carbons (Fsp3) is 0.406. The number of aliphatic hydroxyl groups excluding tert-OH is 3. The van der Waals surface area contributed by atoms with Gasteiger partial charge in [0.15, 0.2) is 0 Å². The Labute approximate surface area is 551 Å². The van der Waals surface area contributed by atoms with E-state index in [1.54, 1.807) is 24.8 Å². The topological polar surface area (TPSA) is 333 Å². The molecule has 0 aromatic carbocycles. The van der Waals surface area contributed by atoms with Gasteiger partial charge in [0.2, 0.25) is 17.3 Å². The van der Waals surface area contributed by atoms with E-state index in [1.165, 1.54) is 59.2 Å². The third kappa shape index (κ3) is 18.4. The van der Waals surface area contributed by atoms with E-state index in [-0.39, 0.29) is 55.3 Å². The molecule has 9 atom stereocenters. The van der Waals surface area contributed by atoms with Crippen LogP contribution in [0, 0.1) is 50.4 Å². The lowest BCUT2D eigenvalue weighted by atomic mass is 10.00. The van der Waals surface area contributed by atoms with Crippen LogP contribution in [-0.2, 0) is 33.5 Å². The maximum atomic E-state index is 13.3. The average molecular weight is 1350 g/mol. The number of aromatic nitrogens is 10. The van der Waals surface area contributed by atoms with Crippen molar-refractivity contribution in [3.63, 3.8) is 0 Å². The SMILES string of the molecule is Cc1sc(C(=O)c2cncnc2N[C@@H]2C[C@H](CO)[C@@H](C)C2)cc1CCl.Cc1sc(C(=O)c2cncnc2N[C@@H]2C[C@H](CO)[C@@H](C)C2)cc1Cn1cccc1.Cc1sc(C(=O)c2cncnc2N[C@@H]2C[C@H](COS(N)(=O)=O)[C@@H](O)C2)cc1Cn1cccc1.c1cn[nH]c1. The number of carbonyl (C=O) groups is 3. The summed E-state index contributed by atoms with van der Waals surface area (Å²) in [6, 6.07) is 15.7. The first-order valence-electron chi connectivity index (χ1n) is 30.2. The zero-order chi connectivity index (χ0) is 65.5. The first-order valence-corrected chi connectivity index (χ1v) is 34.6. The molecule has 9 N–H and O–H groups in total. The molecule has 92 heavy (non-hydrogen) atoms. The van der Waals surface area contributed by atoms with Crippen LogP contribution in [0.1, 0.15) is 129 Å². The quantitative estimate of drug-likeness (QED) is 0.0231. The molecular formula is C64H77ClN14O9S4. The third-order valence-electron chi connectivity index (χ3n) is 16.9. The highest BCUT2D eigenvalue weighted by atomic mass is 35.5. The third-order valence-corrected chi connectivity index (χ3v) is 20.9. The number of nitrogens with two attached hydrogens (primary N) is 1. The summed E-state index contributed by atoms with van der Waals surface area (Å²) >= 11 is 10.3. The van der Waals surface area contributed by atoms with Gasteiger partial charge >= 0.3 is 10.3 Å². The Morgan fingerprint density at radius 2 is 1.01 bits per heavy atom. The Hall–Kier alpha value is -7.44. The second-order valence-corrected chi connectivity index (χ2v) is 28.7. The molecule has 0 radical (unpaired) electrons. The molecule has 12 rings (SSSR count). The molecule has 3 aliphatic rings.